The highest BCUT2D eigenvalue weighted by Gasteiger charge is 2.33. The maximum atomic E-state index is 12.7. The van der Waals surface area contributed by atoms with Gasteiger partial charge in [-0.25, -0.2) is 4.98 Å². The van der Waals surface area contributed by atoms with Crippen molar-refractivity contribution in [3.8, 4) is 0 Å². The molecule has 1 saturated heterocycles. The Balaban J connectivity index is 1.89. The third kappa shape index (κ3) is 3.04. The van der Waals surface area contributed by atoms with Crippen LogP contribution in [0.2, 0.25) is 0 Å². The van der Waals surface area contributed by atoms with Crippen LogP contribution in [0, 0.1) is 0 Å². The molecule has 0 radical (unpaired) electrons. The van der Waals surface area contributed by atoms with Crippen LogP contribution in [0.1, 0.15) is 60.5 Å². The van der Waals surface area contributed by atoms with Gasteiger partial charge in [-0.1, -0.05) is 19.0 Å². The van der Waals surface area contributed by atoms with Crippen LogP contribution < -0.4 is 5.56 Å². The number of amides is 1. The lowest BCUT2D eigenvalue weighted by molar-refractivity contribution is 0.0719. The van der Waals surface area contributed by atoms with Crippen molar-refractivity contribution in [2.75, 3.05) is 6.54 Å². The summed E-state index contributed by atoms with van der Waals surface area (Å²) >= 11 is 0. The molecule has 1 aliphatic heterocycles. The largest absolute Gasteiger partial charge is 0.361 e. The lowest BCUT2D eigenvalue weighted by Crippen LogP contribution is -2.32. The monoisotopic (exact) mass is 316 g/mol. The Hall–Kier alpha value is -2.44. The topological polar surface area (TPSA) is 92.1 Å². The Morgan fingerprint density at radius 3 is 2.91 bits per heavy atom. The standard InChI is InChI=1S/C16H20N4O3/c1-3-10-8-14(21)18-15(17-10)13-6-5-7-20(13)16(22)12-9-11(4-2)23-19-12/h8-9,13H,3-7H2,1-2H3,(H,17,18,21)/t13-/m0/s1. The molecule has 1 atom stereocenters. The van der Waals surface area contributed by atoms with Gasteiger partial charge < -0.3 is 14.4 Å². The number of rotatable bonds is 4. The van der Waals surface area contributed by atoms with Gasteiger partial charge in [0.1, 0.15) is 11.6 Å². The van der Waals surface area contributed by atoms with Gasteiger partial charge in [0.25, 0.3) is 11.5 Å². The normalized spacial score (nSPS) is 17.7. The van der Waals surface area contributed by atoms with Crippen LogP contribution in [0.5, 0.6) is 0 Å². The second-order valence-corrected chi connectivity index (χ2v) is 5.66. The van der Waals surface area contributed by atoms with Crippen LogP contribution in [0.15, 0.2) is 21.5 Å². The van der Waals surface area contributed by atoms with Crippen molar-refractivity contribution < 1.29 is 9.32 Å². The molecule has 1 amide bonds. The Morgan fingerprint density at radius 1 is 1.39 bits per heavy atom. The lowest BCUT2D eigenvalue weighted by atomic mass is 10.2. The molecule has 0 spiro atoms. The smallest absolute Gasteiger partial charge is 0.276 e. The number of nitrogens with one attached hydrogen (secondary N) is 1. The number of carbonyl (C=O) groups excluding carboxylic acids is 1. The van der Waals surface area contributed by atoms with Gasteiger partial charge in [-0.3, -0.25) is 9.59 Å². The molecule has 2 aromatic rings. The second kappa shape index (κ2) is 6.36. The van der Waals surface area contributed by atoms with Crippen LogP contribution in [-0.4, -0.2) is 32.5 Å². The molecule has 0 saturated carbocycles. The zero-order valence-electron chi connectivity index (χ0n) is 13.3. The fourth-order valence-electron chi connectivity index (χ4n) is 2.89. The van der Waals surface area contributed by atoms with Crippen LogP contribution in [0.4, 0.5) is 0 Å². The molecule has 1 N–H and O–H groups in total. The quantitative estimate of drug-likeness (QED) is 0.929. The molecule has 3 rings (SSSR count). The van der Waals surface area contributed by atoms with E-state index in [1.807, 2.05) is 13.8 Å². The maximum Gasteiger partial charge on any atom is 0.276 e. The van der Waals surface area contributed by atoms with Gasteiger partial charge in [-0.05, 0) is 19.3 Å². The van der Waals surface area contributed by atoms with Crippen molar-refractivity contribution in [1.29, 1.82) is 0 Å². The predicted octanol–water partition coefficient (Wildman–Crippen LogP) is 1.86. The fourth-order valence-corrected chi connectivity index (χ4v) is 2.89. The highest BCUT2D eigenvalue weighted by molar-refractivity contribution is 5.92. The van der Waals surface area contributed by atoms with Crippen LogP contribution in [-0.2, 0) is 12.8 Å². The van der Waals surface area contributed by atoms with E-state index in [1.165, 1.54) is 6.07 Å². The van der Waals surface area contributed by atoms with Crippen molar-refractivity contribution in [3.05, 3.63) is 45.5 Å². The molecular weight excluding hydrogens is 296 g/mol. The molecule has 0 bridgehead atoms. The summed E-state index contributed by atoms with van der Waals surface area (Å²) in [6.07, 6.45) is 3.02. The molecule has 122 valence electrons. The Labute approximate surface area is 133 Å². The molecule has 0 aliphatic carbocycles. The molecule has 23 heavy (non-hydrogen) atoms. The van der Waals surface area contributed by atoms with Crippen LogP contribution >= 0.6 is 0 Å². The maximum absolute atomic E-state index is 12.7. The number of H-pyrrole nitrogens is 1. The first-order valence-corrected chi connectivity index (χ1v) is 7.99. The van der Waals surface area contributed by atoms with Crippen molar-refractivity contribution in [2.24, 2.45) is 0 Å². The van der Waals surface area contributed by atoms with E-state index in [-0.39, 0.29) is 17.5 Å². The minimum absolute atomic E-state index is 0.180. The molecule has 3 heterocycles. The van der Waals surface area contributed by atoms with Gasteiger partial charge in [-0.2, -0.15) is 0 Å². The minimum Gasteiger partial charge on any atom is -0.361 e. The van der Waals surface area contributed by atoms with Crippen LogP contribution in [0.3, 0.4) is 0 Å². The van der Waals surface area contributed by atoms with Crippen LogP contribution in [0.25, 0.3) is 0 Å². The summed E-state index contributed by atoms with van der Waals surface area (Å²) in [5, 5.41) is 3.85. The number of carbonyl (C=O) groups is 1. The summed E-state index contributed by atoms with van der Waals surface area (Å²) in [4.78, 5) is 33.5. The molecular formula is C16H20N4O3. The van der Waals surface area contributed by atoms with E-state index >= 15 is 0 Å². The van der Waals surface area contributed by atoms with Crippen molar-refractivity contribution in [3.63, 3.8) is 0 Å². The van der Waals surface area contributed by atoms with Gasteiger partial charge in [0.2, 0.25) is 0 Å². The van der Waals surface area contributed by atoms with Crippen molar-refractivity contribution in [2.45, 2.75) is 45.6 Å². The summed E-state index contributed by atoms with van der Waals surface area (Å²) in [6.45, 7) is 4.51. The van der Waals surface area contributed by atoms with E-state index in [0.29, 0.717) is 36.7 Å². The van der Waals surface area contributed by atoms with Gasteiger partial charge in [-0.15, -0.1) is 0 Å². The number of nitrogens with zero attached hydrogens (tertiary/aromatic N) is 3. The predicted molar refractivity (Wildman–Crippen MR) is 83.1 cm³/mol. The SMILES string of the molecule is CCc1cc(=O)[nH]c([C@@H]2CCCN2C(=O)c2cc(CC)on2)n1. The zero-order valence-corrected chi connectivity index (χ0v) is 13.3. The Bertz CT molecular complexity index is 765. The van der Waals surface area contributed by atoms with Crippen molar-refractivity contribution in [1.82, 2.24) is 20.0 Å². The van der Waals surface area contributed by atoms with E-state index in [4.69, 9.17) is 4.52 Å². The molecule has 0 aromatic carbocycles. The number of hydrogen-bond acceptors (Lipinski definition) is 5. The minimum atomic E-state index is -0.219. The van der Waals surface area contributed by atoms with Gasteiger partial charge in [0, 0.05) is 30.8 Å². The summed E-state index contributed by atoms with van der Waals surface area (Å²) in [6, 6.07) is 2.95. The van der Waals surface area contributed by atoms with Crippen molar-refractivity contribution >= 4 is 5.91 Å². The molecule has 7 heteroatoms. The van der Waals surface area contributed by atoms with E-state index in [2.05, 4.69) is 15.1 Å². The first-order valence-electron chi connectivity index (χ1n) is 7.99. The molecule has 7 nitrogen and oxygen atoms in total. The molecule has 2 aromatic heterocycles. The van der Waals surface area contributed by atoms with E-state index in [0.717, 1.165) is 18.5 Å². The molecule has 0 unspecified atom stereocenters. The number of likely N-dealkylation sites (tertiary alicyclic amines) is 1. The third-order valence-electron chi connectivity index (χ3n) is 4.13. The average molecular weight is 316 g/mol. The van der Waals surface area contributed by atoms with E-state index in [9.17, 15) is 9.59 Å². The number of aromatic amines is 1. The summed E-state index contributed by atoms with van der Waals surface area (Å²) in [5.74, 6) is 1.06. The zero-order chi connectivity index (χ0) is 16.4. The summed E-state index contributed by atoms with van der Waals surface area (Å²) in [5.41, 5.74) is 0.862. The number of hydrogen-bond donors (Lipinski definition) is 1. The first kappa shape index (κ1) is 15.5. The van der Waals surface area contributed by atoms with Gasteiger partial charge >= 0.3 is 0 Å². The number of aryl methyl sites for hydroxylation is 2. The molecule has 1 fully saturated rings. The highest BCUT2D eigenvalue weighted by atomic mass is 16.5. The molecule has 1 aliphatic rings. The number of aromatic nitrogens is 3. The van der Waals surface area contributed by atoms with Gasteiger partial charge in [0.05, 0.1) is 6.04 Å². The van der Waals surface area contributed by atoms with Gasteiger partial charge in [0.15, 0.2) is 5.69 Å². The highest BCUT2D eigenvalue weighted by Crippen LogP contribution is 2.30. The third-order valence-corrected chi connectivity index (χ3v) is 4.13. The fraction of sp³-hybridized carbons (Fsp3) is 0.500. The van der Waals surface area contributed by atoms with E-state index < -0.39 is 0 Å². The Kier molecular flexibility index (Phi) is 4.27. The van der Waals surface area contributed by atoms with E-state index in [1.54, 1.807) is 11.0 Å². The summed E-state index contributed by atoms with van der Waals surface area (Å²) in [7, 11) is 0. The Morgan fingerprint density at radius 2 is 2.22 bits per heavy atom. The average Bonchev–Trinajstić information content (AvgIpc) is 3.22. The lowest BCUT2D eigenvalue weighted by Gasteiger charge is -2.23. The summed E-state index contributed by atoms with van der Waals surface area (Å²) < 4.78 is 5.12. The first-order chi connectivity index (χ1) is 11.1. The second-order valence-electron chi connectivity index (χ2n) is 5.66.